The summed E-state index contributed by atoms with van der Waals surface area (Å²) >= 11 is 0. The van der Waals surface area contributed by atoms with Crippen molar-refractivity contribution < 1.29 is 53.6 Å². The van der Waals surface area contributed by atoms with Gasteiger partial charge in [-0.1, -0.05) is 6.08 Å². The maximum atomic E-state index is 11.4. The number of aliphatic hydroxyl groups excluding tert-OH is 3. The fraction of sp³-hybridized carbons (Fsp3) is 0.727. The summed E-state index contributed by atoms with van der Waals surface area (Å²) < 4.78 is 25.4. The molecule has 1 rings (SSSR count). The fourth-order valence-corrected chi connectivity index (χ4v) is 2.70. The lowest BCUT2D eigenvalue weighted by atomic mass is 9.92. The van der Waals surface area contributed by atoms with Crippen LogP contribution >= 0.6 is 7.82 Å². The van der Waals surface area contributed by atoms with E-state index in [4.69, 9.17) is 24.4 Å². The first-order chi connectivity index (χ1) is 10.6. The molecule has 12 heteroatoms. The standard InChI is InChI=1S/C11H19O11P/c1-2-3-20-11(10(15)16)4-6(13)9(22-23(17,18)19)8(21-11)7(14)5-12/h2,6-9,12-14H,1,3-5H2,(H,15,16)(H2,17,18,19)/t6-,7?,8-,9-,11+/m1/s1. The van der Waals surface area contributed by atoms with Crippen molar-refractivity contribution in [3.8, 4) is 0 Å². The molecule has 1 saturated heterocycles. The van der Waals surface area contributed by atoms with E-state index in [0.29, 0.717) is 0 Å². The lowest BCUT2D eigenvalue weighted by Crippen LogP contribution is -2.63. The molecule has 6 N–H and O–H groups in total. The summed E-state index contributed by atoms with van der Waals surface area (Å²) in [7, 11) is -5.08. The SMILES string of the molecule is C=CCO[C@@]1(C(=O)O)C[C@@H](O)[C@@H](OP(=O)(O)O)[C@@H](C(O)CO)O1. The van der Waals surface area contributed by atoms with Crippen LogP contribution in [-0.2, 0) is 23.4 Å². The molecule has 0 radical (unpaired) electrons. The highest BCUT2D eigenvalue weighted by molar-refractivity contribution is 7.46. The molecule has 1 heterocycles. The minimum atomic E-state index is -5.08. The van der Waals surface area contributed by atoms with Crippen molar-refractivity contribution in [3.63, 3.8) is 0 Å². The number of aliphatic carboxylic acids is 1. The van der Waals surface area contributed by atoms with E-state index in [9.17, 15) is 24.7 Å². The molecule has 0 aromatic heterocycles. The number of aliphatic hydroxyl groups is 3. The molecule has 23 heavy (non-hydrogen) atoms. The van der Waals surface area contributed by atoms with Gasteiger partial charge in [-0.05, 0) is 0 Å². The van der Waals surface area contributed by atoms with Crippen LogP contribution in [0.15, 0.2) is 12.7 Å². The highest BCUT2D eigenvalue weighted by Gasteiger charge is 2.56. The van der Waals surface area contributed by atoms with E-state index in [2.05, 4.69) is 11.1 Å². The average Bonchev–Trinajstić information content (AvgIpc) is 2.45. The highest BCUT2D eigenvalue weighted by Crippen LogP contribution is 2.43. The summed E-state index contributed by atoms with van der Waals surface area (Å²) in [5.74, 6) is -4.04. The Labute approximate surface area is 131 Å². The number of rotatable bonds is 8. The molecule has 0 amide bonds. The Kier molecular flexibility index (Phi) is 6.83. The van der Waals surface area contributed by atoms with E-state index in [1.54, 1.807) is 0 Å². The number of phosphoric acid groups is 1. The smallest absolute Gasteiger partial charge is 0.470 e. The summed E-state index contributed by atoms with van der Waals surface area (Å²) in [5, 5.41) is 38.0. The van der Waals surface area contributed by atoms with E-state index in [0.717, 1.165) is 0 Å². The van der Waals surface area contributed by atoms with Crippen LogP contribution in [0.1, 0.15) is 6.42 Å². The number of ether oxygens (including phenoxy) is 2. The Hall–Kier alpha value is -0.880. The highest BCUT2D eigenvalue weighted by atomic mass is 31.2. The third-order valence-corrected chi connectivity index (χ3v) is 3.61. The van der Waals surface area contributed by atoms with Crippen LogP contribution in [-0.4, -0.2) is 79.6 Å². The summed E-state index contributed by atoms with van der Waals surface area (Å²) in [4.78, 5) is 29.2. The Balaban J connectivity index is 3.15. The molecule has 0 aliphatic carbocycles. The van der Waals surface area contributed by atoms with Gasteiger partial charge >= 0.3 is 13.8 Å². The normalized spacial score (nSPS) is 33.2. The predicted octanol–water partition coefficient (Wildman–Crippen LogP) is -2.05. The third-order valence-electron chi connectivity index (χ3n) is 3.09. The monoisotopic (exact) mass is 358 g/mol. The van der Waals surface area contributed by atoms with Crippen molar-refractivity contribution in [2.45, 2.75) is 36.6 Å². The summed E-state index contributed by atoms with van der Waals surface area (Å²) in [6.07, 6.45) is -6.60. The lowest BCUT2D eigenvalue weighted by Gasteiger charge is -2.45. The van der Waals surface area contributed by atoms with Crippen molar-refractivity contribution in [2.75, 3.05) is 13.2 Å². The van der Waals surface area contributed by atoms with Gasteiger partial charge in [0, 0.05) is 6.42 Å². The Morgan fingerprint density at radius 2 is 2.13 bits per heavy atom. The Bertz CT molecular complexity index is 477. The number of carboxylic acids is 1. The van der Waals surface area contributed by atoms with Crippen molar-refractivity contribution in [3.05, 3.63) is 12.7 Å². The van der Waals surface area contributed by atoms with E-state index >= 15 is 0 Å². The van der Waals surface area contributed by atoms with Gasteiger partial charge in [0.25, 0.3) is 5.79 Å². The van der Waals surface area contributed by atoms with Crippen LogP contribution in [0.5, 0.6) is 0 Å². The molecule has 11 nitrogen and oxygen atoms in total. The Morgan fingerprint density at radius 1 is 1.52 bits per heavy atom. The van der Waals surface area contributed by atoms with E-state index in [1.165, 1.54) is 6.08 Å². The molecule has 5 atom stereocenters. The van der Waals surface area contributed by atoms with Gasteiger partial charge in [-0.2, -0.15) is 0 Å². The number of hydrogen-bond donors (Lipinski definition) is 6. The largest absolute Gasteiger partial charge is 0.477 e. The third kappa shape index (κ3) is 5.05. The quantitative estimate of drug-likeness (QED) is 0.207. The fourth-order valence-electron chi connectivity index (χ4n) is 2.12. The van der Waals surface area contributed by atoms with Gasteiger partial charge in [-0.25, -0.2) is 9.36 Å². The van der Waals surface area contributed by atoms with E-state index in [1.807, 2.05) is 0 Å². The first-order valence-electron chi connectivity index (χ1n) is 6.43. The second kappa shape index (κ2) is 7.79. The maximum Gasteiger partial charge on any atom is 0.470 e. The van der Waals surface area contributed by atoms with Gasteiger partial charge in [0.1, 0.15) is 18.3 Å². The maximum absolute atomic E-state index is 11.4. The van der Waals surface area contributed by atoms with Crippen LogP contribution in [0.2, 0.25) is 0 Å². The van der Waals surface area contributed by atoms with Gasteiger partial charge in [0.15, 0.2) is 0 Å². The molecular formula is C11H19O11P. The molecule has 0 bridgehead atoms. The topological polar surface area (TPSA) is 183 Å². The van der Waals surface area contributed by atoms with Crippen molar-refractivity contribution in [2.24, 2.45) is 0 Å². The number of carbonyl (C=O) groups is 1. The predicted molar refractivity (Wildman–Crippen MR) is 72.0 cm³/mol. The van der Waals surface area contributed by atoms with Crippen molar-refractivity contribution in [1.82, 2.24) is 0 Å². The Morgan fingerprint density at radius 3 is 2.57 bits per heavy atom. The molecule has 0 spiro atoms. The van der Waals surface area contributed by atoms with Crippen molar-refractivity contribution >= 4 is 13.8 Å². The number of carboxylic acid groups (broad SMARTS) is 1. The zero-order valence-electron chi connectivity index (χ0n) is 11.9. The van der Waals surface area contributed by atoms with Crippen LogP contribution < -0.4 is 0 Å². The first-order valence-corrected chi connectivity index (χ1v) is 7.96. The molecule has 1 fully saturated rings. The summed E-state index contributed by atoms with van der Waals surface area (Å²) in [6.45, 7) is 2.13. The second-order valence-corrected chi connectivity index (χ2v) is 6.01. The first kappa shape index (κ1) is 20.2. The van der Waals surface area contributed by atoms with Gasteiger partial charge in [-0.15, -0.1) is 6.58 Å². The summed E-state index contributed by atoms with van der Waals surface area (Å²) in [5.41, 5.74) is 0. The lowest BCUT2D eigenvalue weighted by molar-refractivity contribution is -0.318. The van der Waals surface area contributed by atoms with Crippen LogP contribution in [0.3, 0.4) is 0 Å². The molecule has 0 aromatic carbocycles. The molecule has 1 aliphatic rings. The van der Waals surface area contributed by atoms with Crippen LogP contribution in [0.25, 0.3) is 0 Å². The van der Waals surface area contributed by atoms with Gasteiger partial charge in [0.2, 0.25) is 0 Å². The van der Waals surface area contributed by atoms with E-state index < -0.39 is 57.0 Å². The minimum absolute atomic E-state index is 0.273. The average molecular weight is 358 g/mol. The molecule has 0 saturated carbocycles. The zero-order chi connectivity index (χ0) is 17.8. The van der Waals surface area contributed by atoms with Gasteiger partial charge < -0.3 is 39.7 Å². The molecular weight excluding hydrogens is 339 g/mol. The molecule has 0 aromatic rings. The van der Waals surface area contributed by atoms with Gasteiger partial charge in [0.05, 0.1) is 19.3 Å². The van der Waals surface area contributed by atoms with E-state index in [-0.39, 0.29) is 6.61 Å². The number of phosphoric ester groups is 1. The molecule has 134 valence electrons. The summed E-state index contributed by atoms with van der Waals surface area (Å²) in [6, 6.07) is 0. The van der Waals surface area contributed by atoms with Gasteiger partial charge in [-0.3, -0.25) is 4.52 Å². The van der Waals surface area contributed by atoms with Crippen LogP contribution in [0.4, 0.5) is 0 Å². The minimum Gasteiger partial charge on any atom is -0.477 e. The molecule has 1 aliphatic heterocycles. The second-order valence-electron chi connectivity index (χ2n) is 4.82. The van der Waals surface area contributed by atoms with Crippen LogP contribution in [0, 0.1) is 0 Å². The van der Waals surface area contributed by atoms with Crippen molar-refractivity contribution in [1.29, 1.82) is 0 Å². The number of hydrogen-bond acceptors (Lipinski definition) is 8. The molecule has 1 unspecified atom stereocenters. The zero-order valence-corrected chi connectivity index (χ0v) is 12.8.